The van der Waals surface area contributed by atoms with E-state index in [-0.39, 0.29) is 11.2 Å². The number of rotatable bonds is 5. The highest BCUT2D eigenvalue weighted by Crippen LogP contribution is 2.50. The minimum Gasteiger partial charge on any atom is -0.493 e. The number of hydrogen-bond donors (Lipinski definition) is 1. The lowest BCUT2D eigenvalue weighted by Crippen LogP contribution is -2.07. The molecule has 0 spiro atoms. The molecule has 0 atom stereocenters. The van der Waals surface area contributed by atoms with Crippen LogP contribution in [0.2, 0.25) is 0 Å². The molecule has 0 aromatic heterocycles. The molecule has 0 heterocycles. The van der Waals surface area contributed by atoms with Gasteiger partial charge in [-0.2, -0.15) is 8.78 Å². The topological polar surface area (TPSA) is 44.5 Å². The smallest absolute Gasteiger partial charge is 0.387 e. The first-order chi connectivity index (χ1) is 8.61. The van der Waals surface area contributed by atoms with Crippen LogP contribution in [0.4, 0.5) is 8.78 Å². The molecule has 1 aliphatic rings. The Hall–Kier alpha value is -1.78. The third kappa shape index (κ3) is 2.39. The van der Waals surface area contributed by atoms with E-state index in [1.165, 1.54) is 19.4 Å². The van der Waals surface area contributed by atoms with Crippen LogP contribution in [0.3, 0.4) is 0 Å². The first kappa shape index (κ1) is 12.7. The van der Waals surface area contributed by atoms with Crippen molar-refractivity contribution in [3.8, 4) is 11.5 Å². The fraction of sp³-hybridized carbons (Fsp3) is 0.385. The summed E-state index contributed by atoms with van der Waals surface area (Å²) in [7, 11) is 1.43. The SMILES string of the molecule is COc1cc(C2(C=CN)CC2)ccc1OC(F)F. The van der Waals surface area contributed by atoms with Crippen LogP contribution in [0, 0.1) is 0 Å². The quantitative estimate of drug-likeness (QED) is 0.879. The molecule has 2 N–H and O–H groups in total. The summed E-state index contributed by atoms with van der Waals surface area (Å²) in [5.74, 6) is 0.355. The zero-order valence-electron chi connectivity index (χ0n) is 10.0. The van der Waals surface area contributed by atoms with E-state index in [0.29, 0.717) is 5.75 Å². The molecule has 1 aromatic carbocycles. The van der Waals surface area contributed by atoms with Gasteiger partial charge in [-0.15, -0.1) is 0 Å². The summed E-state index contributed by atoms with van der Waals surface area (Å²) >= 11 is 0. The van der Waals surface area contributed by atoms with Gasteiger partial charge in [0.2, 0.25) is 0 Å². The number of nitrogens with two attached hydrogens (primary N) is 1. The first-order valence-corrected chi connectivity index (χ1v) is 5.64. The zero-order valence-corrected chi connectivity index (χ0v) is 10.0. The van der Waals surface area contributed by atoms with E-state index in [4.69, 9.17) is 10.5 Å². The second-order valence-corrected chi connectivity index (χ2v) is 4.26. The lowest BCUT2D eigenvalue weighted by atomic mass is 9.95. The van der Waals surface area contributed by atoms with Crippen LogP contribution in [0.1, 0.15) is 18.4 Å². The number of hydrogen-bond acceptors (Lipinski definition) is 3. The lowest BCUT2D eigenvalue weighted by molar-refractivity contribution is -0.0512. The molecule has 98 valence electrons. The van der Waals surface area contributed by atoms with Crippen LogP contribution >= 0.6 is 0 Å². The maximum absolute atomic E-state index is 12.2. The molecule has 5 heteroatoms. The standard InChI is InChI=1S/C13H15F2NO2/c1-17-11-8-9(13(4-5-13)6-7-16)2-3-10(11)18-12(14)15/h2-3,6-8,12H,4-5,16H2,1H3. The normalized spacial score (nSPS) is 17.1. The summed E-state index contributed by atoms with van der Waals surface area (Å²) in [6, 6.07) is 5.00. The summed E-state index contributed by atoms with van der Waals surface area (Å²) in [4.78, 5) is 0. The second-order valence-electron chi connectivity index (χ2n) is 4.26. The Morgan fingerprint density at radius 1 is 1.33 bits per heavy atom. The minimum atomic E-state index is -2.86. The van der Waals surface area contributed by atoms with Gasteiger partial charge in [0.25, 0.3) is 0 Å². The average molecular weight is 255 g/mol. The fourth-order valence-corrected chi connectivity index (χ4v) is 2.04. The van der Waals surface area contributed by atoms with Crippen molar-refractivity contribution >= 4 is 0 Å². The van der Waals surface area contributed by atoms with Gasteiger partial charge >= 0.3 is 6.61 Å². The number of allylic oxidation sites excluding steroid dienone is 1. The van der Waals surface area contributed by atoms with Gasteiger partial charge in [-0.25, -0.2) is 0 Å². The van der Waals surface area contributed by atoms with Crippen LogP contribution in [0.5, 0.6) is 11.5 Å². The maximum atomic E-state index is 12.2. The van der Waals surface area contributed by atoms with Crippen molar-refractivity contribution in [3.63, 3.8) is 0 Å². The van der Waals surface area contributed by atoms with Gasteiger partial charge in [0.05, 0.1) is 7.11 Å². The molecule has 0 unspecified atom stereocenters. The van der Waals surface area contributed by atoms with Crippen LogP contribution in [0.25, 0.3) is 0 Å². The highest BCUT2D eigenvalue weighted by Gasteiger charge is 2.42. The number of benzene rings is 1. The summed E-state index contributed by atoms with van der Waals surface area (Å²) in [6.45, 7) is -2.86. The van der Waals surface area contributed by atoms with E-state index in [1.807, 2.05) is 6.08 Å². The Balaban J connectivity index is 2.30. The third-order valence-corrected chi connectivity index (χ3v) is 3.16. The number of halogens is 2. The Morgan fingerprint density at radius 3 is 2.56 bits per heavy atom. The maximum Gasteiger partial charge on any atom is 0.387 e. The molecule has 1 fully saturated rings. The third-order valence-electron chi connectivity index (χ3n) is 3.16. The van der Waals surface area contributed by atoms with Crippen molar-refractivity contribution in [3.05, 3.63) is 36.0 Å². The minimum absolute atomic E-state index is 0.0452. The Labute approximate surface area is 104 Å². The van der Waals surface area contributed by atoms with Crippen molar-refractivity contribution in [2.24, 2.45) is 5.73 Å². The average Bonchev–Trinajstić information content (AvgIpc) is 3.10. The fourth-order valence-electron chi connectivity index (χ4n) is 2.04. The van der Waals surface area contributed by atoms with E-state index in [1.54, 1.807) is 12.1 Å². The predicted molar refractivity (Wildman–Crippen MR) is 63.9 cm³/mol. The van der Waals surface area contributed by atoms with Gasteiger partial charge in [-0.3, -0.25) is 0 Å². The molecule has 0 amide bonds. The molecular formula is C13H15F2NO2. The van der Waals surface area contributed by atoms with E-state index in [0.717, 1.165) is 18.4 Å². The molecule has 0 aliphatic heterocycles. The summed E-state index contributed by atoms with van der Waals surface area (Å²) in [5.41, 5.74) is 6.36. The monoisotopic (exact) mass is 255 g/mol. The van der Waals surface area contributed by atoms with Crippen LogP contribution in [-0.2, 0) is 5.41 Å². The van der Waals surface area contributed by atoms with Crippen LogP contribution in [0.15, 0.2) is 30.5 Å². The molecule has 18 heavy (non-hydrogen) atoms. The summed E-state index contributed by atoms with van der Waals surface area (Å²) in [6.07, 6.45) is 5.44. The molecule has 0 saturated heterocycles. The van der Waals surface area contributed by atoms with Gasteiger partial charge in [0, 0.05) is 5.41 Å². The number of ether oxygens (including phenoxy) is 2. The summed E-state index contributed by atoms with van der Waals surface area (Å²) in [5, 5.41) is 0. The van der Waals surface area contributed by atoms with Gasteiger partial charge in [-0.05, 0) is 36.7 Å². The Bertz CT molecular complexity index is 456. The second kappa shape index (κ2) is 4.84. The molecule has 3 nitrogen and oxygen atoms in total. The highest BCUT2D eigenvalue weighted by molar-refractivity contribution is 5.48. The molecule has 0 bridgehead atoms. The predicted octanol–water partition coefficient (Wildman–Crippen LogP) is 2.80. The van der Waals surface area contributed by atoms with E-state index < -0.39 is 6.61 Å². The van der Waals surface area contributed by atoms with Gasteiger partial charge in [-0.1, -0.05) is 12.1 Å². The Morgan fingerprint density at radius 2 is 2.06 bits per heavy atom. The molecule has 1 saturated carbocycles. The van der Waals surface area contributed by atoms with Crippen LogP contribution in [-0.4, -0.2) is 13.7 Å². The largest absolute Gasteiger partial charge is 0.493 e. The van der Waals surface area contributed by atoms with Crippen molar-refractivity contribution in [2.45, 2.75) is 24.9 Å². The van der Waals surface area contributed by atoms with Crippen molar-refractivity contribution in [2.75, 3.05) is 7.11 Å². The van der Waals surface area contributed by atoms with Crippen molar-refractivity contribution < 1.29 is 18.3 Å². The molecule has 2 rings (SSSR count). The van der Waals surface area contributed by atoms with E-state index in [2.05, 4.69) is 4.74 Å². The van der Waals surface area contributed by atoms with Gasteiger partial charge in [0.15, 0.2) is 11.5 Å². The molecular weight excluding hydrogens is 240 g/mol. The van der Waals surface area contributed by atoms with Crippen molar-refractivity contribution in [1.29, 1.82) is 0 Å². The van der Waals surface area contributed by atoms with Crippen LogP contribution < -0.4 is 15.2 Å². The Kier molecular flexibility index (Phi) is 3.41. The molecule has 1 aliphatic carbocycles. The first-order valence-electron chi connectivity index (χ1n) is 5.64. The van der Waals surface area contributed by atoms with E-state index >= 15 is 0 Å². The highest BCUT2D eigenvalue weighted by atomic mass is 19.3. The zero-order chi connectivity index (χ0) is 13.2. The summed E-state index contributed by atoms with van der Waals surface area (Å²) < 4.78 is 33.9. The number of alkyl halides is 2. The van der Waals surface area contributed by atoms with E-state index in [9.17, 15) is 8.78 Å². The number of methoxy groups -OCH3 is 1. The van der Waals surface area contributed by atoms with Gasteiger partial charge < -0.3 is 15.2 Å². The lowest BCUT2D eigenvalue weighted by Gasteiger charge is -2.15. The van der Waals surface area contributed by atoms with Crippen molar-refractivity contribution in [1.82, 2.24) is 0 Å². The van der Waals surface area contributed by atoms with Gasteiger partial charge in [0.1, 0.15) is 0 Å². The molecule has 1 aromatic rings. The molecule has 0 radical (unpaired) electrons.